The molecule has 2 heterocycles. The van der Waals surface area contributed by atoms with Crippen LogP contribution in [0.4, 0.5) is 5.69 Å². The molecule has 3 nitrogen and oxygen atoms in total. The van der Waals surface area contributed by atoms with Crippen molar-refractivity contribution in [2.45, 2.75) is 13.2 Å². The lowest BCUT2D eigenvalue weighted by Gasteiger charge is -2.31. The Bertz CT molecular complexity index is 349. The minimum absolute atomic E-state index is 0.0860. The monoisotopic (exact) mass is 190 g/mol. The predicted octanol–water partition coefficient (Wildman–Crippen LogP) is 1.91. The summed E-state index contributed by atoms with van der Waals surface area (Å²) in [5.74, 6) is 0. The number of methoxy groups -OCH3 is 1. The van der Waals surface area contributed by atoms with Gasteiger partial charge >= 0.3 is 0 Å². The van der Waals surface area contributed by atoms with E-state index in [1.807, 2.05) is 25.3 Å². The summed E-state index contributed by atoms with van der Waals surface area (Å²) in [6.07, 6.45) is 6.05. The summed E-state index contributed by atoms with van der Waals surface area (Å²) in [7, 11) is 1.72. The molecule has 2 rings (SSSR count). The summed E-state index contributed by atoms with van der Waals surface area (Å²) in [4.78, 5) is 6.49. The molecule has 1 aromatic rings. The second-order valence-corrected chi connectivity index (χ2v) is 3.30. The molecule has 1 aliphatic heterocycles. The molecular formula is C11H14N2O. The van der Waals surface area contributed by atoms with Gasteiger partial charge in [-0.25, -0.2) is 0 Å². The van der Waals surface area contributed by atoms with Crippen LogP contribution < -0.4 is 4.90 Å². The molecule has 3 heteroatoms. The van der Waals surface area contributed by atoms with Crippen molar-refractivity contribution in [1.29, 1.82) is 0 Å². The van der Waals surface area contributed by atoms with Gasteiger partial charge in [0.2, 0.25) is 0 Å². The van der Waals surface area contributed by atoms with Crippen molar-refractivity contribution in [1.82, 2.24) is 4.98 Å². The fraction of sp³-hybridized carbons (Fsp3) is 0.364. The quantitative estimate of drug-likeness (QED) is 0.712. The number of pyridine rings is 1. The summed E-state index contributed by atoms with van der Waals surface area (Å²) in [5.41, 5.74) is 2.16. The largest absolute Gasteiger partial charge is 0.362 e. The van der Waals surface area contributed by atoms with Crippen molar-refractivity contribution in [2.75, 3.05) is 18.6 Å². The molecule has 0 spiro atoms. The third-order valence-electron chi connectivity index (χ3n) is 2.48. The van der Waals surface area contributed by atoms with Gasteiger partial charge in [0.1, 0.15) is 6.23 Å². The fourth-order valence-corrected chi connectivity index (χ4v) is 1.63. The molecule has 0 N–H and O–H groups in total. The summed E-state index contributed by atoms with van der Waals surface area (Å²) >= 11 is 0. The van der Waals surface area contributed by atoms with Crippen LogP contribution in [0, 0.1) is 0 Å². The predicted molar refractivity (Wildman–Crippen MR) is 57.1 cm³/mol. The summed E-state index contributed by atoms with van der Waals surface area (Å²) in [6.45, 7) is 2.92. The summed E-state index contributed by atoms with van der Waals surface area (Å²) in [5, 5.41) is 0. The third kappa shape index (κ3) is 1.51. The number of fused-ring (bicyclic) bond motifs is 1. The van der Waals surface area contributed by atoms with Gasteiger partial charge in [-0.05, 0) is 25.1 Å². The van der Waals surface area contributed by atoms with E-state index in [4.69, 9.17) is 4.74 Å². The molecule has 0 saturated heterocycles. The first-order chi connectivity index (χ1) is 6.83. The lowest BCUT2D eigenvalue weighted by atomic mass is 10.2. The van der Waals surface area contributed by atoms with Crippen LogP contribution in [0.2, 0.25) is 0 Å². The molecule has 1 aromatic heterocycles. The lowest BCUT2D eigenvalue weighted by Crippen LogP contribution is -2.36. The SMILES string of the molecule is CO[C@H](C)N1CC=Cc2ncccc21. The topological polar surface area (TPSA) is 25.4 Å². The highest BCUT2D eigenvalue weighted by atomic mass is 16.5. The second-order valence-electron chi connectivity index (χ2n) is 3.30. The Kier molecular flexibility index (Phi) is 2.50. The molecule has 0 aromatic carbocycles. The Hall–Kier alpha value is -1.35. The molecule has 0 aliphatic carbocycles. The van der Waals surface area contributed by atoms with Gasteiger partial charge in [-0.3, -0.25) is 4.98 Å². The maximum absolute atomic E-state index is 5.31. The van der Waals surface area contributed by atoms with Crippen molar-refractivity contribution in [3.63, 3.8) is 0 Å². The van der Waals surface area contributed by atoms with E-state index in [2.05, 4.69) is 22.0 Å². The minimum atomic E-state index is 0.0860. The molecule has 1 atom stereocenters. The first kappa shape index (κ1) is 9.21. The van der Waals surface area contributed by atoms with Gasteiger partial charge < -0.3 is 9.64 Å². The standard InChI is InChI=1S/C11H14N2O/c1-9(14-2)13-8-4-5-10-11(13)6-3-7-12-10/h3-7,9H,8H2,1-2H3/t9-/m1/s1. The zero-order chi connectivity index (χ0) is 9.97. The number of rotatable bonds is 2. The average Bonchev–Trinajstić information content (AvgIpc) is 2.27. The van der Waals surface area contributed by atoms with Crippen molar-refractivity contribution >= 4 is 11.8 Å². The minimum Gasteiger partial charge on any atom is -0.362 e. The Labute approximate surface area is 84.0 Å². The van der Waals surface area contributed by atoms with E-state index < -0.39 is 0 Å². The maximum atomic E-state index is 5.31. The zero-order valence-corrected chi connectivity index (χ0v) is 8.47. The first-order valence-electron chi connectivity index (χ1n) is 4.74. The highest BCUT2D eigenvalue weighted by molar-refractivity contribution is 5.68. The Morgan fingerprint density at radius 1 is 1.57 bits per heavy atom. The molecule has 14 heavy (non-hydrogen) atoms. The average molecular weight is 190 g/mol. The van der Waals surface area contributed by atoms with Crippen LogP contribution in [0.1, 0.15) is 12.6 Å². The molecule has 0 fully saturated rings. The molecule has 0 bridgehead atoms. The number of ether oxygens (including phenoxy) is 1. The summed E-state index contributed by atoms with van der Waals surface area (Å²) in [6, 6.07) is 4.02. The first-order valence-corrected chi connectivity index (χ1v) is 4.74. The zero-order valence-electron chi connectivity index (χ0n) is 8.47. The normalized spacial score (nSPS) is 16.6. The van der Waals surface area contributed by atoms with E-state index in [0.717, 1.165) is 17.9 Å². The highest BCUT2D eigenvalue weighted by Crippen LogP contribution is 2.25. The van der Waals surface area contributed by atoms with Crippen LogP contribution in [-0.4, -0.2) is 24.9 Å². The highest BCUT2D eigenvalue weighted by Gasteiger charge is 2.17. The lowest BCUT2D eigenvalue weighted by molar-refractivity contribution is 0.116. The van der Waals surface area contributed by atoms with Crippen molar-refractivity contribution < 1.29 is 4.74 Å². The molecule has 74 valence electrons. The molecule has 1 aliphatic rings. The third-order valence-corrected chi connectivity index (χ3v) is 2.48. The van der Waals surface area contributed by atoms with E-state index in [-0.39, 0.29) is 6.23 Å². The van der Waals surface area contributed by atoms with E-state index in [0.29, 0.717) is 0 Å². The van der Waals surface area contributed by atoms with E-state index in [1.165, 1.54) is 0 Å². The molecule has 0 amide bonds. The van der Waals surface area contributed by atoms with Gasteiger partial charge in [-0.2, -0.15) is 0 Å². The molecule has 0 radical (unpaired) electrons. The number of anilines is 1. The van der Waals surface area contributed by atoms with Gasteiger partial charge in [0, 0.05) is 19.9 Å². The van der Waals surface area contributed by atoms with Crippen LogP contribution in [0.15, 0.2) is 24.4 Å². The maximum Gasteiger partial charge on any atom is 0.127 e. The Balaban J connectivity index is 2.36. The number of hydrogen-bond donors (Lipinski definition) is 0. The molecule has 0 saturated carbocycles. The number of hydrogen-bond acceptors (Lipinski definition) is 3. The van der Waals surface area contributed by atoms with E-state index in [1.54, 1.807) is 7.11 Å². The van der Waals surface area contributed by atoms with Crippen molar-refractivity contribution in [3.8, 4) is 0 Å². The number of nitrogens with zero attached hydrogens (tertiary/aromatic N) is 2. The smallest absolute Gasteiger partial charge is 0.127 e. The molecular weight excluding hydrogens is 176 g/mol. The molecule has 0 unspecified atom stereocenters. The van der Waals surface area contributed by atoms with Crippen LogP contribution >= 0.6 is 0 Å². The van der Waals surface area contributed by atoms with Crippen molar-refractivity contribution in [3.05, 3.63) is 30.1 Å². The number of aromatic nitrogens is 1. The second kappa shape index (κ2) is 3.80. The van der Waals surface area contributed by atoms with E-state index in [9.17, 15) is 0 Å². The van der Waals surface area contributed by atoms with Crippen LogP contribution in [0.25, 0.3) is 6.08 Å². The van der Waals surface area contributed by atoms with Gasteiger partial charge in [0.25, 0.3) is 0 Å². The van der Waals surface area contributed by atoms with Crippen LogP contribution in [0.5, 0.6) is 0 Å². The van der Waals surface area contributed by atoms with Gasteiger partial charge in [-0.15, -0.1) is 0 Å². The van der Waals surface area contributed by atoms with Crippen LogP contribution in [-0.2, 0) is 4.74 Å². The Morgan fingerprint density at radius 3 is 3.21 bits per heavy atom. The van der Waals surface area contributed by atoms with Gasteiger partial charge in [0.05, 0.1) is 11.4 Å². The van der Waals surface area contributed by atoms with Gasteiger partial charge in [-0.1, -0.05) is 6.08 Å². The fourth-order valence-electron chi connectivity index (χ4n) is 1.63. The van der Waals surface area contributed by atoms with Gasteiger partial charge in [0.15, 0.2) is 0 Å². The Morgan fingerprint density at radius 2 is 2.43 bits per heavy atom. The summed E-state index contributed by atoms with van der Waals surface area (Å²) < 4.78 is 5.31. The van der Waals surface area contributed by atoms with E-state index >= 15 is 0 Å². The van der Waals surface area contributed by atoms with Crippen molar-refractivity contribution in [2.24, 2.45) is 0 Å². The van der Waals surface area contributed by atoms with Crippen LogP contribution in [0.3, 0.4) is 0 Å².